The molecule has 82 heavy (non-hydrogen) atoms. The highest BCUT2D eigenvalue weighted by atomic mass is 16.7. The van der Waals surface area contributed by atoms with Crippen LogP contribution in [0.4, 0.5) is 11.4 Å². The van der Waals surface area contributed by atoms with Crippen LogP contribution >= 0.6 is 0 Å². The monoisotopic (exact) mass is 1110 g/mol. The van der Waals surface area contributed by atoms with Crippen molar-refractivity contribution >= 4 is 38.6 Å². The fourth-order valence-corrected chi connectivity index (χ4v) is 13.8. The number of hydrogen-bond donors (Lipinski definition) is 3. The summed E-state index contributed by atoms with van der Waals surface area (Å²) < 4.78 is 36.3. The molecule has 2 saturated heterocycles. The Morgan fingerprint density at radius 2 is 1.23 bits per heavy atom. The number of aliphatic hydroxyl groups is 2. The van der Waals surface area contributed by atoms with Crippen molar-refractivity contribution < 1.29 is 43.6 Å². The van der Waals surface area contributed by atoms with Crippen molar-refractivity contribution in [2.75, 3.05) is 19.0 Å². The van der Waals surface area contributed by atoms with Crippen LogP contribution in [0.2, 0.25) is 0 Å². The molecule has 5 aliphatic rings. The molecule has 4 heterocycles. The van der Waals surface area contributed by atoms with Gasteiger partial charge in [-0.05, 0) is 171 Å². The Morgan fingerprint density at radius 3 is 1.89 bits per heavy atom. The van der Waals surface area contributed by atoms with Crippen molar-refractivity contribution in [2.24, 2.45) is 0 Å². The van der Waals surface area contributed by atoms with Gasteiger partial charge >= 0.3 is 0 Å². The minimum atomic E-state index is -0.632. The second-order valence-corrected chi connectivity index (χ2v) is 24.7. The van der Waals surface area contributed by atoms with Gasteiger partial charge in [0.05, 0.1) is 42.0 Å². The summed E-state index contributed by atoms with van der Waals surface area (Å²) in [4.78, 5) is 2.36. The Kier molecular flexibility index (Phi) is 17.1. The van der Waals surface area contributed by atoms with Crippen molar-refractivity contribution in [3.05, 3.63) is 190 Å². The fourth-order valence-electron chi connectivity index (χ4n) is 13.8. The van der Waals surface area contributed by atoms with Crippen molar-refractivity contribution in [1.82, 2.24) is 0 Å². The van der Waals surface area contributed by atoms with Crippen LogP contribution in [0.5, 0.6) is 11.5 Å². The molecule has 10 nitrogen and oxygen atoms in total. The van der Waals surface area contributed by atoms with Crippen LogP contribution in [-0.4, -0.2) is 76.3 Å². The van der Waals surface area contributed by atoms with E-state index in [1.54, 1.807) is 12.1 Å². The second kappa shape index (κ2) is 24.5. The molecule has 3 N–H and O–H groups in total. The van der Waals surface area contributed by atoms with Gasteiger partial charge in [-0.3, -0.25) is 0 Å². The fraction of sp³-hybridized carbons (Fsp3) is 0.431. The highest BCUT2D eigenvalue weighted by Crippen LogP contribution is 2.51. The maximum atomic E-state index is 10.9. The molecule has 10 heteroatoms. The maximum Gasteiger partial charge on any atom is 0.210 e. The van der Waals surface area contributed by atoms with E-state index < -0.39 is 18.7 Å². The average Bonchev–Trinajstić information content (AvgIpc) is 2.59. The third kappa shape index (κ3) is 11.9. The SMILES string of the molecule is CCC(O)CCCC1CC(CCC2CC(CC(O)CC)OC(c3ccc(OC4=C(/C=C/C5=[N+](C)c6ccc7ccccc7c6C5(C)C)CCC/C4=C\C=C4\N(C)c5ccc6ccccc6c5C4(C)C)cc3)O2)OC(c2ccc(O)cc2)O1. The van der Waals surface area contributed by atoms with Crippen LogP contribution in [0.15, 0.2) is 168 Å². The molecule has 0 aromatic heterocycles. The Bertz CT molecular complexity index is 3420. The second-order valence-electron chi connectivity index (χ2n) is 24.7. The lowest BCUT2D eigenvalue weighted by Gasteiger charge is -2.39. The zero-order valence-corrected chi connectivity index (χ0v) is 49.4. The third-order valence-corrected chi connectivity index (χ3v) is 18.4. The molecule has 6 aromatic carbocycles. The first kappa shape index (κ1) is 57.4. The van der Waals surface area contributed by atoms with Crippen LogP contribution in [0.25, 0.3) is 21.5 Å². The summed E-state index contributed by atoms with van der Waals surface area (Å²) in [5.41, 5.74) is 11.3. The molecule has 430 valence electrons. The summed E-state index contributed by atoms with van der Waals surface area (Å²) in [6, 6.07) is 41.7. The summed E-state index contributed by atoms with van der Waals surface area (Å²) in [5, 5.41) is 36.4. The van der Waals surface area contributed by atoms with E-state index in [9.17, 15) is 15.3 Å². The number of likely N-dealkylation sites (N-methyl/N-ethyl adjacent to an activating group) is 1. The number of hydrogen-bond acceptors (Lipinski definition) is 9. The third-order valence-electron chi connectivity index (χ3n) is 18.4. The Morgan fingerprint density at radius 1 is 0.646 bits per heavy atom. The van der Waals surface area contributed by atoms with Crippen molar-refractivity contribution in [1.29, 1.82) is 0 Å². The molecular formula is C72H85N2O8+. The molecule has 0 saturated carbocycles. The molecule has 0 amide bonds. The lowest BCUT2D eigenvalue weighted by molar-refractivity contribution is -0.401. The minimum absolute atomic E-state index is 0.0303. The van der Waals surface area contributed by atoms with Crippen LogP contribution in [0, 0.1) is 0 Å². The van der Waals surface area contributed by atoms with Crippen molar-refractivity contribution in [3.8, 4) is 11.5 Å². The Labute approximate surface area is 486 Å². The smallest absolute Gasteiger partial charge is 0.210 e. The summed E-state index contributed by atoms with van der Waals surface area (Å²) in [7, 11) is 4.39. The van der Waals surface area contributed by atoms with E-state index in [2.05, 4.69) is 160 Å². The number of phenols is 1. The number of anilines is 1. The largest absolute Gasteiger partial charge is 0.508 e. The van der Waals surface area contributed by atoms with Gasteiger partial charge in [-0.25, -0.2) is 0 Å². The van der Waals surface area contributed by atoms with E-state index in [4.69, 9.17) is 23.7 Å². The quantitative estimate of drug-likeness (QED) is 0.0724. The first-order valence-electron chi connectivity index (χ1n) is 30.4. The molecule has 0 spiro atoms. The number of benzene rings is 6. The van der Waals surface area contributed by atoms with E-state index in [-0.39, 0.29) is 47.1 Å². The highest BCUT2D eigenvalue weighted by Gasteiger charge is 2.45. The molecule has 8 unspecified atom stereocenters. The predicted molar refractivity (Wildman–Crippen MR) is 329 cm³/mol. The van der Waals surface area contributed by atoms with Gasteiger partial charge in [0.25, 0.3) is 0 Å². The molecule has 2 fully saturated rings. The summed E-state index contributed by atoms with van der Waals surface area (Å²) in [6.45, 7) is 13.4. The molecule has 0 bridgehead atoms. The number of allylic oxidation sites excluding steroid dienone is 7. The zero-order chi connectivity index (χ0) is 57.3. The Hall–Kier alpha value is -6.37. The van der Waals surface area contributed by atoms with Gasteiger partial charge in [-0.1, -0.05) is 113 Å². The van der Waals surface area contributed by atoms with Gasteiger partial charge in [-0.2, -0.15) is 4.58 Å². The summed E-state index contributed by atoms with van der Waals surface area (Å²) >= 11 is 0. The van der Waals surface area contributed by atoms with Gasteiger partial charge in [0.2, 0.25) is 5.69 Å². The Balaban J connectivity index is 0.868. The van der Waals surface area contributed by atoms with E-state index >= 15 is 0 Å². The average molecular weight is 1110 g/mol. The summed E-state index contributed by atoms with van der Waals surface area (Å²) in [5.74, 6) is 1.82. The molecule has 0 radical (unpaired) electrons. The first-order chi connectivity index (χ1) is 39.6. The number of phenolic OH excluding ortho intramolecular Hbond substituents is 1. The van der Waals surface area contributed by atoms with Gasteiger partial charge in [0.15, 0.2) is 18.3 Å². The molecular weight excluding hydrogens is 1020 g/mol. The topological polar surface area (TPSA) is 113 Å². The predicted octanol–water partition coefficient (Wildman–Crippen LogP) is 15.9. The van der Waals surface area contributed by atoms with Gasteiger partial charge < -0.3 is 43.9 Å². The molecule has 4 aliphatic heterocycles. The number of fused-ring (bicyclic) bond motifs is 6. The molecule has 1 aliphatic carbocycles. The molecule has 11 rings (SSSR count). The van der Waals surface area contributed by atoms with Crippen molar-refractivity contribution in [3.63, 3.8) is 0 Å². The lowest BCUT2D eigenvalue weighted by Crippen LogP contribution is -2.38. The molecule has 8 atom stereocenters. The number of aliphatic hydroxyl groups excluding tert-OH is 2. The van der Waals surface area contributed by atoms with Crippen molar-refractivity contribution in [2.45, 2.75) is 185 Å². The number of nitrogens with zero attached hydrogens (tertiary/aromatic N) is 2. The van der Waals surface area contributed by atoms with Crippen LogP contribution in [0.1, 0.15) is 160 Å². The standard InChI is InChI=1S/C72H84N2O8/c1-9-52(75)21-16-22-56-44-57(80-69(79-56)50-25-33-54(77)34-26-50)37-38-58-45-59(43-53(76)10-2)82-70(81-58)51-27-35-55(36-28-51)78-68-48(31-41-64-71(3,4)66-60-23-13-11-17-46(60)29-39-62(66)73(64)7)19-15-20-49(68)32-42-65-72(5,6)67-61-24-14-12-18-47(61)30-40-63(67)74(65)8/h11-14,17-18,23-36,39-42,52-53,56-59,69-70,75-76H,9-10,15-16,19-22,37-38,43-45H2,1-8H3/p+1. The van der Waals surface area contributed by atoms with Crippen LogP contribution in [-0.2, 0) is 29.8 Å². The number of aromatic hydroxyl groups is 1. The van der Waals surface area contributed by atoms with E-state index in [1.165, 1.54) is 55.5 Å². The number of ether oxygens (including phenoxy) is 5. The zero-order valence-electron chi connectivity index (χ0n) is 49.4. The summed E-state index contributed by atoms with van der Waals surface area (Å²) in [6.07, 6.45) is 16.9. The van der Waals surface area contributed by atoms with E-state index in [0.29, 0.717) is 19.3 Å². The van der Waals surface area contributed by atoms with E-state index in [0.717, 1.165) is 98.0 Å². The minimum Gasteiger partial charge on any atom is -0.508 e. The maximum absolute atomic E-state index is 10.9. The van der Waals surface area contributed by atoms with Gasteiger partial charge in [-0.15, -0.1) is 0 Å². The van der Waals surface area contributed by atoms with E-state index in [1.807, 2.05) is 38.1 Å². The van der Waals surface area contributed by atoms with Crippen LogP contribution in [0.3, 0.4) is 0 Å². The van der Waals surface area contributed by atoms with Gasteiger partial charge in [0, 0.05) is 65.5 Å². The van der Waals surface area contributed by atoms with Gasteiger partial charge in [0.1, 0.15) is 24.3 Å². The first-order valence-corrected chi connectivity index (χ1v) is 30.4. The highest BCUT2D eigenvalue weighted by molar-refractivity contribution is 6.07. The van der Waals surface area contributed by atoms with Crippen LogP contribution < -0.4 is 9.64 Å². The number of rotatable bonds is 18. The molecule has 6 aromatic rings. The lowest BCUT2D eigenvalue weighted by atomic mass is 9.78. The normalized spacial score (nSPS) is 25.2.